The Morgan fingerprint density at radius 1 is 1.25 bits per heavy atom. The molecule has 1 aliphatic rings. The van der Waals surface area contributed by atoms with Gasteiger partial charge in [0.25, 0.3) is 0 Å². The van der Waals surface area contributed by atoms with Crippen molar-refractivity contribution in [3.8, 4) is 0 Å². The predicted octanol–water partition coefficient (Wildman–Crippen LogP) is -3.13. The molecule has 0 aromatic heterocycles. The van der Waals surface area contributed by atoms with E-state index in [1.54, 1.807) is 0 Å². The number of rotatable bonds is 2. The zero-order chi connectivity index (χ0) is 6.69. The third-order valence-corrected chi connectivity index (χ3v) is 1.74. The molecule has 12 heavy (non-hydrogen) atoms. The molecule has 0 amide bonds. The molecule has 0 fully saturated rings. The Labute approximate surface area is 107 Å². The van der Waals surface area contributed by atoms with Gasteiger partial charge in [-0.1, -0.05) is 33.1 Å². The van der Waals surface area contributed by atoms with Crippen LogP contribution >= 0.6 is 0 Å². The Bertz CT molecular complexity index is 162. The van der Waals surface area contributed by atoms with Crippen LogP contribution in [0.5, 0.6) is 0 Å². The second kappa shape index (κ2) is 10.0. The molecule has 67 valence electrons. The van der Waals surface area contributed by atoms with Crippen molar-refractivity contribution >= 4 is 0 Å². The Hall–Kier alpha value is 0.943. The first-order valence-corrected chi connectivity index (χ1v) is 3.67. The van der Waals surface area contributed by atoms with Gasteiger partial charge in [0, 0.05) is 0 Å². The summed E-state index contributed by atoms with van der Waals surface area (Å²) in [4.78, 5) is 0. The molecule has 0 aromatic rings. The van der Waals surface area contributed by atoms with E-state index in [1.165, 1.54) is 17.6 Å². The van der Waals surface area contributed by atoms with Crippen molar-refractivity contribution in [2.24, 2.45) is 0 Å². The Morgan fingerprint density at radius 2 is 1.83 bits per heavy atom. The fraction of sp³-hybridized carbons (Fsp3) is 0.556. The van der Waals surface area contributed by atoms with Crippen LogP contribution in [0.4, 0.5) is 0 Å². The van der Waals surface area contributed by atoms with Gasteiger partial charge in [-0.15, -0.1) is 0 Å². The van der Waals surface area contributed by atoms with E-state index >= 15 is 0 Å². The topological polar surface area (TPSA) is 0 Å². The average Bonchev–Trinajstić information content (AvgIpc) is 2.34. The van der Waals surface area contributed by atoms with E-state index < -0.39 is 0 Å². The molecule has 0 bridgehead atoms. The molecule has 0 N–H and O–H groups in total. The summed E-state index contributed by atoms with van der Waals surface area (Å²) in [5.41, 5.74) is 2.86. The second-order valence-electron chi connectivity index (χ2n) is 2.37. The van der Waals surface area contributed by atoms with Gasteiger partial charge in [0.1, 0.15) is 0 Å². The zero-order valence-corrected chi connectivity index (χ0v) is 11.4. The molecule has 0 atom stereocenters. The molecule has 0 heterocycles. The first-order chi connectivity index (χ1) is 4.36. The monoisotopic (exact) mass is 281 g/mol. The number of halogens is 2. The number of hydrogen-bond acceptors (Lipinski definition) is 0. The first-order valence-electron chi connectivity index (χ1n) is 3.67. The largest absolute Gasteiger partial charge is 3.00 e. The van der Waals surface area contributed by atoms with Crippen molar-refractivity contribution < 1.29 is 51.0 Å². The maximum absolute atomic E-state index is 3.37. The maximum atomic E-state index is 3.37. The fourth-order valence-corrected chi connectivity index (χ4v) is 1.04. The Kier molecular flexibility index (Phi) is 15.6. The van der Waals surface area contributed by atoms with Crippen molar-refractivity contribution in [1.82, 2.24) is 0 Å². The van der Waals surface area contributed by atoms with Crippen LogP contribution in [0.2, 0.25) is 0 Å². The normalized spacial score (nSPS) is 13.2. The molecule has 1 radical (unpaired) electrons. The van der Waals surface area contributed by atoms with Crippen LogP contribution in [0, 0.1) is 6.08 Å². The van der Waals surface area contributed by atoms with E-state index in [1.807, 2.05) is 0 Å². The van der Waals surface area contributed by atoms with Gasteiger partial charge in [-0.05, 0) is 0 Å². The van der Waals surface area contributed by atoms with Gasteiger partial charge >= 0.3 is 26.2 Å². The molecule has 0 saturated carbocycles. The van der Waals surface area contributed by atoms with Crippen LogP contribution in [0.1, 0.15) is 33.1 Å². The van der Waals surface area contributed by atoms with Gasteiger partial charge in [0.05, 0.1) is 0 Å². The molecular weight excluding hydrogens is 270 g/mol. The van der Waals surface area contributed by atoms with Gasteiger partial charge < -0.3 is 24.8 Å². The van der Waals surface area contributed by atoms with E-state index in [9.17, 15) is 0 Å². The molecule has 1 rings (SSSR count). The molecule has 3 heteroatoms. The van der Waals surface area contributed by atoms with Crippen molar-refractivity contribution in [3.05, 3.63) is 23.3 Å². The van der Waals surface area contributed by atoms with Gasteiger partial charge in [0.15, 0.2) is 0 Å². The zero-order valence-electron chi connectivity index (χ0n) is 7.45. The van der Waals surface area contributed by atoms with Gasteiger partial charge in [-0.2, -0.15) is 5.57 Å². The molecule has 0 unspecified atom stereocenters. The minimum Gasteiger partial charge on any atom is -1.00 e. The van der Waals surface area contributed by atoms with E-state index in [0.717, 1.165) is 12.8 Å². The Balaban J connectivity index is -0.000000270. The molecule has 0 spiro atoms. The predicted molar refractivity (Wildman–Crippen MR) is 40.0 cm³/mol. The van der Waals surface area contributed by atoms with Crippen LogP contribution in [0.25, 0.3) is 0 Å². The van der Waals surface area contributed by atoms with E-state index in [2.05, 4.69) is 26.0 Å². The van der Waals surface area contributed by atoms with Gasteiger partial charge in [-0.25, -0.2) is 17.7 Å². The molecule has 0 nitrogen and oxygen atoms in total. The fourth-order valence-electron chi connectivity index (χ4n) is 1.04. The van der Waals surface area contributed by atoms with Crippen LogP contribution in [-0.4, -0.2) is 0 Å². The van der Waals surface area contributed by atoms with Gasteiger partial charge in [0.2, 0.25) is 0 Å². The maximum Gasteiger partial charge on any atom is 3.00 e. The van der Waals surface area contributed by atoms with Crippen LogP contribution in [-0.2, 0) is 26.2 Å². The van der Waals surface area contributed by atoms with Crippen LogP contribution in [0.15, 0.2) is 17.2 Å². The van der Waals surface area contributed by atoms with Crippen LogP contribution in [0.3, 0.4) is 0 Å². The second-order valence-corrected chi connectivity index (χ2v) is 2.37. The van der Waals surface area contributed by atoms with Crippen molar-refractivity contribution in [2.75, 3.05) is 0 Å². The van der Waals surface area contributed by atoms with E-state index in [0.29, 0.717) is 0 Å². The molecule has 0 aliphatic heterocycles. The summed E-state index contributed by atoms with van der Waals surface area (Å²) < 4.78 is 0. The van der Waals surface area contributed by atoms with Gasteiger partial charge in [-0.3, -0.25) is 0 Å². The quantitative estimate of drug-likeness (QED) is 0.470. The summed E-state index contributed by atoms with van der Waals surface area (Å²) in [5, 5.41) is 0. The molecule has 1 aliphatic carbocycles. The summed E-state index contributed by atoms with van der Waals surface area (Å²) in [6, 6.07) is 0. The SMILES string of the molecule is CCC1=[C-]C(CC)=CC1.[Cl-].[Cl-].[Zr+3]. The first kappa shape index (κ1) is 18.7. The van der Waals surface area contributed by atoms with Crippen molar-refractivity contribution in [1.29, 1.82) is 0 Å². The van der Waals surface area contributed by atoms with Crippen molar-refractivity contribution in [2.45, 2.75) is 33.1 Å². The number of allylic oxidation sites excluding steroid dienone is 4. The average molecular weight is 283 g/mol. The van der Waals surface area contributed by atoms with Crippen LogP contribution < -0.4 is 24.8 Å². The van der Waals surface area contributed by atoms with E-state index in [4.69, 9.17) is 0 Å². The standard InChI is InChI=1S/C9H13.2ClH.Zr/c1-3-8-5-6-9(4-2)7-8;;;/h5H,3-4,6H2,1-2H3;2*1H;/q-1;;;+3/p-2. The van der Waals surface area contributed by atoms with E-state index in [-0.39, 0.29) is 51.0 Å². The minimum atomic E-state index is 0. The number of hydrogen-bond donors (Lipinski definition) is 0. The summed E-state index contributed by atoms with van der Waals surface area (Å²) >= 11 is 0. The summed E-state index contributed by atoms with van der Waals surface area (Å²) in [6.07, 6.45) is 9.11. The third kappa shape index (κ3) is 5.57. The minimum absolute atomic E-state index is 0. The van der Waals surface area contributed by atoms with Crippen molar-refractivity contribution in [3.63, 3.8) is 0 Å². The smallest absolute Gasteiger partial charge is 1.00 e. The summed E-state index contributed by atoms with van der Waals surface area (Å²) in [6.45, 7) is 4.37. The molecular formula is C9H13Cl2Zr. The summed E-state index contributed by atoms with van der Waals surface area (Å²) in [7, 11) is 0. The summed E-state index contributed by atoms with van der Waals surface area (Å²) in [5.74, 6) is 0. The molecule has 0 saturated heterocycles. The molecule has 0 aromatic carbocycles. The third-order valence-electron chi connectivity index (χ3n) is 1.74. The Morgan fingerprint density at radius 3 is 2.08 bits per heavy atom.